The summed E-state index contributed by atoms with van der Waals surface area (Å²) in [6.45, 7) is 8.94. The van der Waals surface area contributed by atoms with Crippen LogP contribution in [0.25, 0.3) is 0 Å². The van der Waals surface area contributed by atoms with Gasteiger partial charge in [-0.25, -0.2) is 0 Å². The molecule has 0 atom stereocenters. The van der Waals surface area contributed by atoms with Gasteiger partial charge in [0.25, 0.3) is 0 Å². The van der Waals surface area contributed by atoms with Crippen molar-refractivity contribution in [3.63, 3.8) is 0 Å². The van der Waals surface area contributed by atoms with Crippen molar-refractivity contribution >= 4 is 0 Å². The Hall–Kier alpha value is -2.08. The highest BCUT2D eigenvalue weighted by molar-refractivity contribution is 5.13. The fourth-order valence-electron chi connectivity index (χ4n) is 2.78. The van der Waals surface area contributed by atoms with E-state index in [1.165, 1.54) is 57.8 Å². The molecule has 0 saturated carbocycles. The van der Waals surface area contributed by atoms with Crippen LogP contribution in [0.5, 0.6) is 0 Å². The zero-order chi connectivity index (χ0) is 24.5. The molecule has 0 amide bonds. The Bertz CT molecular complexity index is 439. The highest BCUT2D eigenvalue weighted by Gasteiger charge is 1.83. The molecule has 0 aromatic carbocycles. The molecule has 4 rings (SSSR count). The fourth-order valence-corrected chi connectivity index (χ4v) is 2.78. The van der Waals surface area contributed by atoms with E-state index in [4.69, 9.17) is 0 Å². The van der Waals surface area contributed by atoms with E-state index in [1.807, 2.05) is 0 Å². The van der Waals surface area contributed by atoms with E-state index in [0.29, 0.717) is 0 Å². The van der Waals surface area contributed by atoms with Crippen molar-refractivity contribution in [1.82, 2.24) is 0 Å². The average molecular weight is 467 g/mol. The minimum absolute atomic E-state index is 0. The summed E-state index contributed by atoms with van der Waals surface area (Å²) in [4.78, 5) is 0. The van der Waals surface area contributed by atoms with Gasteiger partial charge in [-0.3, -0.25) is 0 Å². The molecule has 0 aliphatic heterocycles. The molecule has 0 N–H and O–H groups in total. The van der Waals surface area contributed by atoms with Gasteiger partial charge < -0.3 is 0 Å². The van der Waals surface area contributed by atoms with Gasteiger partial charge in [0.05, 0.1) is 0 Å². The van der Waals surface area contributed by atoms with Crippen molar-refractivity contribution in [2.45, 2.75) is 119 Å². The third-order valence-electron chi connectivity index (χ3n) is 4.79. The molecular weight excluding hydrogens is 408 g/mol. The molecule has 0 aromatic rings. The second-order valence-electron chi connectivity index (χ2n) is 8.14. The normalized spacial score (nSPS) is 13.9. The summed E-state index contributed by atoms with van der Waals surface area (Å²) in [7, 11) is 0. The first-order valence-electron chi connectivity index (χ1n) is 13.6. The van der Waals surface area contributed by atoms with Crippen molar-refractivity contribution in [2.24, 2.45) is 0 Å². The van der Waals surface area contributed by atoms with Crippen LogP contribution in [-0.2, 0) is 0 Å². The molecule has 0 heterocycles. The van der Waals surface area contributed by atoms with Gasteiger partial charge in [-0.1, -0.05) is 190 Å². The predicted molar refractivity (Wildman–Crippen MR) is 163 cm³/mol. The summed E-state index contributed by atoms with van der Waals surface area (Å²) in [6.07, 6.45) is 50.6. The van der Waals surface area contributed by atoms with E-state index in [9.17, 15) is 0 Å². The van der Waals surface area contributed by atoms with Gasteiger partial charge in [0.15, 0.2) is 0 Å². The van der Waals surface area contributed by atoms with Crippen LogP contribution < -0.4 is 0 Å². The molecule has 0 saturated heterocycles. The molecule has 0 fully saturated rings. The van der Waals surface area contributed by atoms with Gasteiger partial charge in [0, 0.05) is 0 Å². The average Bonchev–Trinajstić information content (AvgIpc) is 3.70. The molecule has 0 unspecified atom stereocenters. The summed E-state index contributed by atoms with van der Waals surface area (Å²) in [6, 6.07) is 0. The number of hydrogen-bond donors (Lipinski definition) is 0. The van der Waals surface area contributed by atoms with Crippen LogP contribution >= 0.6 is 0 Å². The molecule has 194 valence electrons. The Morgan fingerprint density at radius 3 is 0.618 bits per heavy atom. The van der Waals surface area contributed by atoms with Gasteiger partial charge in [-0.05, 0) is 25.7 Å². The van der Waals surface area contributed by atoms with E-state index < -0.39 is 0 Å². The van der Waals surface area contributed by atoms with E-state index in [-0.39, 0.29) is 7.43 Å². The van der Waals surface area contributed by atoms with Gasteiger partial charge in [-0.15, -0.1) is 0 Å². The first-order valence-corrected chi connectivity index (χ1v) is 13.6. The van der Waals surface area contributed by atoms with Gasteiger partial charge >= 0.3 is 0 Å². The predicted octanol–water partition coefficient (Wildman–Crippen LogP) is 12.2. The van der Waals surface area contributed by atoms with Crippen LogP contribution in [0.15, 0.2) is 97.2 Å². The standard InChI is InChI=1S/C8H18.4C5H6.C5H12.CH4/c1-3-5-7-8-6-4-2;4*1-2-4-5-3-1;1-3-5-4-2;/h3-8H2,1-2H3;4*1-4H,5H2;3-5H2,1-2H3;1H4. The largest absolute Gasteiger partial charge is 0.0808 e. The zero-order valence-corrected chi connectivity index (χ0v) is 22.4. The lowest BCUT2D eigenvalue weighted by Crippen LogP contribution is -1.73. The Morgan fingerprint density at radius 1 is 0.324 bits per heavy atom. The quantitative estimate of drug-likeness (QED) is 0.327. The first-order chi connectivity index (χ1) is 16.3. The van der Waals surface area contributed by atoms with E-state index in [2.05, 4.69) is 125 Å². The number of allylic oxidation sites excluding steroid dienone is 16. The molecule has 0 aromatic heterocycles. The van der Waals surface area contributed by atoms with Crippen molar-refractivity contribution in [1.29, 1.82) is 0 Å². The molecule has 0 radical (unpaired) electrons. The Morgan fingerprint density at radius 2 is 0.529 bits per heavy atom. The maximum atomic E-state index is 2.26. The molecule has 0 heteroatoms. The SMILES string of the molecule is C.C1=CCC=C1.C1=CCC=C1.C1=CCC=C1.C1=CCC=C1.CCCCC.CCCCCCCC. The second-order valence-corrected chi connectivity index (χ2v) is 8.14. The van der Waals surface area contributed by atoms with Crippen LogP contribution in [-0.4, -0.2) is 0 Å². The maximum absolute atomic E-state index is 2.26. The van der Waals surface area contributed by atoms with Crippen molar-refractivity contribution in [3.8, 4) is 0 Å². The van der Waals surface area contributed by atoms with E-state index in [0.717, 1.165) is 25.7 Å². The monoisotopic (exact) mass is 466 g/mol. The molecule has 4 aliphatic carbocycles. The van der Waals surface area contributed by atoms with Crippen LogP contribution in [0, 0.1) is 0 Å². The topological polar surface area (TPSA) is 0 Å². The van der Waals surface area contributed by atoms with E-state index in [1.54, 1.807) is 0 Å². The summed E-state index contributed by atoms with van der Waals surface area (Å²) in [5.41, 5.74) is 0. The molecule has 34 heavy (non-hydrogen) atoms. The third-order valence-corrected chi connectivity index (χ3v) is 4.79. The number of unbranched alkanes of at least 4 members (excludes halogenated alkanes) is 7. The van der Waals surface area contributed by atoms with Crippen LogP contribution in [0.4, 0.5) is 0 Å². The lowest BCUT2D eigenvalue weighted by atomic mass is 10.1. The molecule has 4 aliphatic rings. The summed E-state index contributed by atoms with van der Waals surface area (Å²) >= 11 is 0. The summed E-state index contributed by atoms with van der Waals surface area (Å²) in [5.74, 6) is 0. The van der Waals surface area contributed by atoms with Crippen molar-refractivity contribution in [3.05, 3.63) is 97.2 Å². The minimum atomic E-state index is 0. The highest BCUT2D eigenvalue weighted by Crippen LogP contribution is 2.03. The number of rotatable bonds is 7. The fraction of sp³-hybridized carbons (Fsp3) is 0.529. The van der Waals surface area contributed by atoms with Gasteiger partial charge in [-0.2, -0.15) is 0 Å². The first kappa shape index (κ1) is 36.5. The second kappa shape index (κ2) is 38.2. The number of hydrogen-bond acceptors (Lipinski definition) is 0. The Balaban J connectivity index is -0.000000340. The lowest BCUT2D eigenvalue weighted by Gasteiger charge is -1.93. The molecule has 0 nitrogen and oxygen atoms in total. The van der Waals surface area contributed by atoms with E-state index >= 15 is 0 Å². The van der Waals surface area contributed by atoms with Crippen LogP contribution in [0.3, 0.4) is 0 Å². The smallest absolute Gasteiger partial charge is 0.0163 e. The third kappa shape index (κ3) is 40.3. The summed E-state index contributed by atoms with van der Waals surface area (Å²) < 4.78 is 0. The zero-order valence-electron chi connectivity index (χ0n) is 22.4. The molecular formula is C34H58. The Kier molecular flexibility index (Phi) is 41.0. The molecule has 0 spiro atoms. The van der Waals surface area contributed by atoms with Crippen LogP contribution in [0.2, 0.25) is 0 Å². The molecule has 0 bridgehead atoms. The lowest BCUT2D eigenvalue weighted by molar-refractivity contribution is 0.624. The van der Waals surface area contributed by atoms with Gasteiger partial charge in [0.2, 0.25) is 0 Å². The minimum Gasteiger partial charge on any atom is -0.0808 e. The van der Waals surface area contributed by atoms with Crippen molar-refractivity contribution < 1.29 is 0 Å². The summed E-state index contributed by atoms with van der Waals surface area (Å²) in [5, 5.41) is 0. The van der Waals surface area contributed by atoms with Gasteiger partial charge in [0.1, 0.15) is 0 Å². The maximum Gasteiger partial charge on any atom is -0.0163 e. The Labute approximate surface area is 215 Å². The van der Waals surface area contributed by atoms with Crippen molar-refractivity contribution in [2.75, 3.05) is 0 Å². The van der Waals surface area contributed by atoms with Crippen LogP contribution in [0.1, 0.15) is 119 Å². The highest BCUT2D eigenvalue weighted by atomic mass is 13.9.